The molecule has 0 spiro atoms. The number of thiophene rings is 1. The molecule has 53 valence electrons. The minimum Gasteiger partial charge on any atom is -0.258 e. The minimum atomic E-state index is -0.380. The Morgan fingerprint density at radius 2 is 2.40 bits per heavy atom. The maximum atomic E-state index is 10.2. The second-order valence-corrected chi connectivity index (χ2v) is 2.81. The maximum absolute atomic E-state index is 10.2. The maximum Gasteiger partial charge on any atom is 0.327 e. The zero-order valence-corrected chi connectivity index (χ0v) is 6.27. The van der Waals surface area contributed by atoms with Gasteiger partial charge in [0.15, 0.2) is 0 Å². The zero-order chi connectivity index (χ0) is 7.72. The van der Waals surface area contributed by atoms with Crippen molar-refractivity contribution < 1.29 is 4.92 Å². The molecule has 0 aromatic carbocycles. The van der Waals surface area contributed by atoms with Crippen LogP contribution in [0.4, 0.5) is 5.00 Å². The predicted octanol–water partition coefficient (Wildman–Crippen LogP) is 2.15. The van der Waals surface area contributed by atoms with Crippen LogP contribution in [0.15, 0.2) is 5.38 Å². The van der Waals surface area contributed by atoms with Gasteiger partial charge in [-0.25, -0.2) is 0 Å². The second kappa shape index (κ2) is 2.38. The van der Waals surface area contributed by atoms with Crippen LogP contribution in [0.1, 0.15) is 11.1 Å². The summed E-state index contributed by atoms with van der Waals surface area (Å²) in [4.78, 5) is 9.84. The molecule has 0 bridgehead atoms. The minimum absolute atomic E-state index is 0.199. The quantitative estimate of drug-likeness (QED) is 0.462. The third-order valence-corrected chi connectivity index (χ3v) is 2.36. The zero-order valence-electron chi connectivity index (χ0n) is 5.46. The Balaban J connectivity index is 3.17. The van der Waals surface area contributed by atoms with E-state index < -0.39 is 0 Å². The first-order valence-corrected chi connectivity index (χ1v) is 3.55. The van der Waals surface area contributed by atoms with Crippen LogP contribution in [0, 0.1) is 24.0 Å². The molecule has 0 amide bonds. The van der Waals surface area contributed by atoms with E-state index in [1.165, 1.54) is 0 Å². The van der Waals surface area contributed by atoms with E-state index in [2.05, 4.69) is 6.92 Å². The fourth-order valence-corrected chi connectivity index (χ4v) is 1.45. The largest absolute Gasteiger partial charge is 0.327 e. The van der Waals surface area contributed by atoms with Crippen molar-refractivity contribution >= 4 is 16.3 Å². The normalized spacial score (nSPS) is 9.80. The first-order chi connectivity index (χ1) is 4.63. The molecule has 1 radical (unpaired) electrons. The Hall–Kier alpha value is -0.900. The lowest BCUT2D eigenvalue weighted by molar-refractivity contribution is -0.380. The molecule has 0 fully saturated rings. The van der Waals surface area contributed by atoms with Crippen molar-refractivity contribution in [2.75, 3.05) is 0 Å². The number of rotatable bonds is 1. The van der Waals surface area contributed by atoms with E-state index in [1.807, 2.05) is 0 Å². The molecular weight excluding hydrogens is 150 g/mol. The Kier molecular flexibility index (Phi) is 1.72. The summed E-state index contributed by atoms with van der Waals surface area (Å²) in [6, 6.07) is 0. The van der Waals surface area contributed by atoms with E-state index >= 15 is 0 Å². The van der Waals surface area contributed by atoms with Gasteiger partial charge in [-0.05, 0) is 19.4 Å². The summed E-state index contributed by atoms with van der Waals surface area (Å²) in [6.45, 7) is 5.33. The third-order valence-electron chi connectivity index (χ3n) is 1.28. The summed E-state index contributed by atoms with van der Waals surface area (Å²) in [5.41, 5.74) is 1.42. The van der Waals surface area contributed by atoms with Gasteiger partial charge in [-0.15, -0.1) is 0 Å². The van der Waals surface area contributed by atoms with Gasteiger partial charge in [0.05, 0.1) is 4.92 Å². The van der Waals surface area contributed by atoms with Crippen LogP contribution in [0.25, 0.3) is 0 Å². The van der Waals surface area contributed by atoms with Crippen LogP contribution in [-0.2, 0) is 0 Å². The van der Waals surface area contributed by atoms with Gasteiger partial charge in [0.1, 0.15) is 0 Å². The first kappa shape index (κ1) is 7.21. The second-order valence-electron chi connectivity index (χ2n) is 1.95. The average Bonchev–Trinajstić information content (AvgIpc) is 2.14. The third kappa shape index (κ3) is 1.02. The molecule has 3 nitrogen and oxygen atoms in total. The number of nitrogens with zero attached hydrogens (tertiary/aromatic N) is 1. The highest BCUT2D eigenvalue weighted by atomic mass is 32.1. The van der Waals surface area contributed by atoms with Gasteiger partial charge >= 0.3 is 5.00 Å². The smallest absolute Gasteiger partial charge is 0.258 e. The monoisotopic (exact) mass is 156 g/mol. The van der Waals surface area contributed by atoms with Crippen LogP contribution >= 0.6 is 11.3 Å². The van der Waals surface area contributed by atoms with Gasteiger partial charge in [0, 0.05) is 10.9 Å². The predicted molar refractivity (Wildman–Crippen MR) is 40.2 cm³/mol. The Labute approximate surface area is 62.5 Å². The molecule has 4 heteroatoms. The van der Waals surface area contributed by atoms with Crippen LogP contribution in [0.3, 0.4) is 0 Å². The van der Waals surface area contributed by atoms with E-state index in [0.717, 1.165) is 16.9 Å². The van der Waals surface area contributed by atoms with Gasteiger partial charge in [-0.3, -0.25) is 10.1 Å². The topological polar surface area (TPSA) is 43.1 Å². The molecule has 1 aromatic rings. The standard InChI is InChI=1S/C6H6NO2S/c1-4-3-10-6(5(4)2)7(8)9/h3H,1H2,2H3. The summed E-state index contributed by atoms with van der Waals surface area (Å²) in [6.07, 6.45) is 0. The van der Waals surface area contributed by atoms with Gasteiger partial charge in [0.2, 0.25) is 0 Å². The van der Waals surface area contributed by atoms with Crippen molar-refractivity contribution in [2.45, 2.75) is 6.92 Å². The SMILES string of the molecule is [CH2]c1csc([N+](=O)[O-])c1C. The average molecular weight is 156 g/mol. The molecule has 0 N–H and O–H groups in total. The number of nitro groups is 1. The molecule has 0 aliphatic heterocycles. The summed E-state index contributed by atoms with van der Waals surface area (Å²) >= 11 is 1.12. The fourth-order valence-electron chi connectivity index (χ4n) is 0.621. The van der Waals surface area contributed by atoms with Crippen LogP contribution in [0.2, 0.25) is 0 Å². The highest BCUT2D eigenvalue weighted by molar-refractivity contribution is 7.13. The van der Waals surface area contributed by atoms with Gasteiger partial charge in [-0.2, -0.15) is 0 Å². The Morgan fingerprint density at radius 3 is 2.60 bits per heavy atom. The summed E-state index contributed by atoms with van der Waals surface area (Å²) < 4.78 is 0. The molecule has 0 unspecified atom stereocenters. The fraction of sp³-hybridized carbons (Fsp3) is 0.167. The van der Waals surface area contributed by atoms with Crippen LogP contribution < -0.4 is 0 Å². The van der Waals surface area contributed by atoms with E-state index in [9.17, 15) is 10.1 Å². The molecule has 1 heterocycles. The number of hydrogen-bond donors (Lipinski definition) is 0. The van der Waals surface area contributed by atoms with Gasteiger partial charge in [0.25, 0.3) is 0 Å². The first-order valence-electron chi connectivity index (χ1n) is 2.67. The highest BCUT2D eigenvalue weighted by Gasteiger charge is 2.13. The van der Waals surface area contributed by atoms with Gasteiger partial charge < -0.3 is 0 Å². The van der Waals surface area contributed by atoms with E-state index in [-0.39, 0.29) is 9.92 Å². The highest BCUT2D eigenvalue weighted by Crippen LogP contribution is 2.27. The van der Waals surface area contributed by atoms with E-state index in [1.54, 1.807) is 12.3 Å². The molecular formula is C6H6NO2S. The lowest BCUT2D eigenvalue weighted by atomic mass is 10.2. The Bertz CT molecular complexity index is 267. The molecule has 0 aliphatic rings. The molecule has 10 heavy (non-hydrogen) atoms. The lowest BCUT2D eigenvalue weighted by Crippen LogP contribution is -1.85. The van der Waals surface area contributed by atoms with Crippen molar-refractivity contribution in [1.29, 1.82) is 0 Å². The molecule has 1 aromatic heterocycles. The van der Waals surface area contributed by atoms with E-state index in [4.69, 9.17) is 0 Å². The summed E-state index contributed by atoms with van der Waals surface area (Å²) in [7, 11) is 0. The molecule has 0 saturated carbocycles. The Morgan fingerprint density at radius 1 is 1.80 bits per heavy atom. The summed E-state index contributed by atoms with van der Waals surface area (Å²) in [5, 5.41) is 12.1. The molecule has 0 aliphatic carbocycles. The summed E-state index contributed by atoms with van der Waals surface area (Å²) in [5.74, 6) is 0. The van der Waals surface area contributed by atoms with E-state index in [0.29, 0.717) is 5.56 Å². The van der Waals surface area contributed by atoms with Crippen molar-refractivity contribution in [3.63, 3.8) is 0 Å². The lowest BCUT2D eigenvalue weighted by Gasteiger charge is -1.86. The van der Waals surface area contributed by atoms with Crippen molar-refractivity contribution in [3.05, 3.63) is 33.5 Å². The van der Waals surface area contributed by atoms with Crippen molar-refractivity contribution in [3.8, 4) is 0 Å². The van der Waals surface area contributed by atoms with Crippen molar-refractivity contribution in [1.82, 2.24) is 0 Å². The van der Waals surface area contributed by atoms with Gasteiger partial charge in [-0.1, -0.05) is 11.3 Å². The molecule has 0 saturated heterocycles. The molecule has 1 rings (SSSR count). The van der Waals surface area contributed by atoms with Crippen LogP contribution in [-0.4, -0.2) is 4.92 Å². The van der Waals surface area contributed by atoms with Crippen LogP contribution in [0.5, 0.6) is 0 Å². The number of hydrogen-bond acceptors (Lipinski definition) is 3. The van der Waals surface area contributed by atoms with Crippen molar-refractivity contribution in [2.24, 2.45) is 0 Å². The molecule has 0 atom stereocenters.